The molecule has 86 valence electrons. The fraction of sp³-hybridized carbons (Fsp3) is 0.333. The first-order chi connectivity index (χ1) is 7.76. The van der Waals surface area contributed by atoms with Crippen LogP contribution >= 0.6 is 34.3 Å². The number of aryl methyl sites for hydroxylation is 1. The van der Waals surface area contributed by atoms with Crippen LogP contribution in [0.5, 0.6) is 0 Å². The third-order valence-corrected chi connectivity index (χ3v) is 5.23. The number of rotatable bonds is 4. The topological polar surface area (TPSA) is 12.0 Å². The zero-order valence-corrected chi connectivity index (χ0v) is 11.7. The molecule has 0 spiro atoms. The summed E-state index contributed by atoms with van der Waals surface area (Å²) >= 11 is 9.74. The minimum absolute atomic E-state index is 0.234. The van der Waals surface area contributed by atoms with Crippen LogP contribution in [0, 0.1) is 0 Å². The second-order valence-corrected chi connectivity index (χ2v) is 6.07. The van der Waals surface area contributed by atoms with Crippen molar-refractivity contribution in [2.45, 2.75) is 19.4 Å². The van der Waals surface area contributed by atoms with Crippen LogP contribution in [0.15, 0.2) is 23.6 Å². The Kier molecular flexibility index (Phi) is 4.03. The molecule has 0 fully saturated rings. The molecule has 16 heavy (non-hydrogen) atoms. The van der Waals surface area contributed by atoms with Crippen LogP contribution in [0.3, 0.4) is 0 Å². The highest BCUT2D eigenvalue weighted by Gasteiger charge is 2.18. The molecule has 2 aromatic heterocycles. The summed E-state index contributed by atoms with van der Waals surface area (Å²) in [5.41, 5.74) is 0. The van der Waals surface area contributed by atoms with Gasteiger partial charge in [-0.1, -0.05) is 18.5 Å². The molecule has 1 N–H and O–H groups in total. The Bertz CT molecular complexity index is 461. The van der Waals surface area contributed by atoms with Crippen molar-refractivity contribution in [3.8, 4) is 0 Å². The monoisotopic (exact) mass is 271 g/mol. The van der Waals surface area contributed by atoms with E-state index in [2.05, 4.69) is 24.4 Å². The zero-order valence-electron chi connectivity index (χ0n) is 9.29. The molecule has 2 heterocycles. The van der Waals surface area contributed by atoms with Crippen molar-refractivity contribution in [3.63, 3.8) is 0 Å². The smallest absolute Gasteiger partial charge is 0.0777 e. The average molecular weight is 272 g/mol. The summed E-state index contributed by atoms with van der Waals surface area (Å²) in [6.45, 7) is 2.18. The van der Waals surface area contributed by atoms with E-state index in [1.54, 1.807) is 11.3 Å². The Labute approximate surface area is 109 Å². The molecular weight excluding hydrogens is 258 g/mol. The standard InChI is InChI=1S/C12H14ClNS2/c1-3-8-4-5-10(16-8)11(14-2)12-9(13)6-7-15-12/h4-7,11,14H,3H2,1-2H3. The summed E-state index contributed by atoms with van der Waals surface area (Å²) in [5.74, 6) is 0. The summed E-state index contributed by atoms with van der Waals surface area (Å²) < 4.78 is 0. The van der Waals surface area contributed by atoms with Gasteiger partial charge in [-0.3, -0.25) is 0 Å². The third-order valence-electron chi connectivity index (χ3n) is 2.51. The number of hydrogen-bond donors (Lipinski definition) is 1. The van der Waals surface area contributed by atoms with Crippen molar-refractivity contribution in [3.05, 3.63) is 43.2 Å². The van der Waals surface area contributed by atoms with E-state index in [0.29, 0.717) is 0 Å². The second-order valence-electron chi connectivity index (χ2n) is 3.51. The fourth-order valence-corrected chi connectivity index (χ4v) is 4.09. The molecule has 0 aromatic carbocycles. The highest BCUT2D eigenvalue weighted by Crippen LogP contribution is 2.35. The highest BCUT2D eigenvalue weighted by molar-refractivity contribution is 7.13. The Balaban J connectivity index is 2.32. The van der Waals surface area contributed by atoms with Crippen LogP contribution < -0.4 is 5.32 Å². The van der Waals surface area contributed by atoms with Gasteiger partial charge in [-0.2, -0.15) is 0 Å². The maximum absolute atomic E-state index is 6.18. The minimum atomic E-state index is 0.234. The van der Waals surface area contributed by atoms with Gasteiger partial charge in [0.1, 0.15) is 0 Å². The summed E-state index contributed by atoms with van der Waals surface area (Å²) in [4.78, 5) is 3.96. The molecular formula is C12H14ClNS2. The van der Waals surface area contributed by atoms with E-state index in [1.165, 1.54) is 14.6 Å². The molecule has 0 amide bonds. The largest absolute Gasteiger partial charge is 0.308 e. The van der Waals surface area contributed by atoms with Crippen molar-refractivity contribution in [1.82, 2.24) is 5.32 Å². The SMILES string of the molecule is CCc1ccc(C(NC)c2sccc2Cl)s1. The molecule has 0 aliphatic carbocycles. The highest BCUT2D eigenvalue weighted by atomic mass is 35.5. The summed E-state index contributed by atoms with van der Waals surface area (Å²) in [7, 11) is 1.98. The first-order valence-electron chi connectivity index (χ1n) is 5.25. The van der Waals surface area contributed by atoms with Gasteiger partial charge in [0.05, 0.1) is 11.1 Å². The Morgan fingerprint density at radius 2 is 2.19 bits per heavy atom. The molecule has 1 nitrogen and oxygen atoms in total. The maximum atomic E-state index is 6.18. The Morgan fingerprint density at radius 3 is 2.69 bits per heavy atom. The quantitative estimate of drug-likeness (QED) is 0.873. The van der Waals surface area contributed by atoms with Gasteiger partial charge >= 0.3 is 0 Å². The molecule has 0 saturated heterocycles. The van der Waals surface area contributed by atoms with Crippen LogP contribution in [0.25, 0.3) is 0 Å². The van der Waals surface area contributed by atoms with E-state index in [0.717, 1.165) is 11.4 Å². The summed E-state index contributed by atoms with van der Waals surface area (Å²) in [5, 5.41) is 6.23. The molecule has 1 unspecified atom stereocenters. The lowest BCUT2D eigenvalue weighted by atomic mass is 10.2. The Morgan fingerprint density at radius 1 is 1.38 bits per heavy atom. The lowest BCUT2D eigenvalue weighted by Gasteiger charge is -2.13. The van der Waals surface area contributed by atoms with Gasteiger partial charge in [-0.05, 0) is 37.0 Å². The molecule has 0 saturated carbocycles. The second kappa shape index (κ2) is 5.32. The van der Waals surface area contributed by atoms with Gasteiger partial charge in [-0.25, -0.2) is 0 Å². The minimum Gasteiger partial charge on any atom is -0.308 e. The molecule has 2 rings (SSSR count). The first kappa shape index (κ1) is 12.1. The zero-order chi connectivity index (χ0) is 11.5. The first-order valence-corrected chi connectivity index (χ1v) is 7.32. The van der Waals surface area contributed by atoms with E-state index < -0.39 is 0 Å². The molecule has 2 aromatic rings. The van der Waals surface area contributed by atoms with Crippen LogP contribution in [0.2, 0.25) is 5.02 Å². The molecule has 0 aliphatic rings. The average Bonchev–Trinajstić information content (AvgIpc) is 2.90. The predicted octanol–water partition coefficient (Wildman–Crippen LogP) is 4.33. The summed E-state index contributed by atoms with van der Waals surface area (Å²) in [6, 6.07) is 6.59. The number of thiophene rings is 2. The maximum Gasteiger partial charge on any atom is 0.0777 e. The van der Waals surface area contributed by atoms with Crippen LogP contribution in [-0.2, 0) is 6.42 Å². The normalized spacial score (nSPS) is 12.9. The van der Waals surface area contributed by atoms with Crippen LogP contribution in [0.1, 0.15) is 27.6 Å². The molecule has 0 bridgehead atoms. The van der Waals surface area contributed by atoms with Crippen molar-refractivity contribution in [1.29, 1.82) is 0 Å². The lowest BCUT2D eigenvalue weighted by molar-refractivity contribution is 0.716. The van der Waals surface area contributed by atoms with Crippen molar-refractivity contribution in [2.24, 2.45) is 0 Å². The molecule has 0 aliphatic heterocycles. The van der Waals surface area contributed by atoms with E-state index in [4.69, 9.17) is 11.6 Å². The van der Waals surface area contributed by atoms with Gasteiger partial charge < -0.3 is 5.32 Å². The number of halogens is 1. The fourth-order valence-electron chi connectivity index (χ4n) is 1.65. The Hall–Kier alpha value is -0.350. The number of hydrogen-bond acceptors (Lipinski definition) is 3. The molecule has 4 heteroatoms. The number of nitrogens with one attached hydrogen (secondary N) is 1. The van der Waals surface area contributed by atoms with Crippen molar-refractivity contribution < 1.29 is 0 Å². The van der Waals surface area contributed by atoms with E-state index in [1.807, 2.05) is 29.8 Å². The van der Waals surface area contributed by atoms with Crippen LogP contribution in [-0.4, -0.2) is 7.05 Å². The van der Waals surface area contributed by atoms with E-state index in [9.17, 15) is 0 Å². The van der Waals surface area contributed by atoms with Gasteiger partial charge in [0.25, 0.3) is 0 Å². The summed E-state index contributed by atoms with van der Waals surface area (Å²) in [6.07, 6.45) is 1.10. The molecule has 1 atom stereocenters. The lowest BCUT2D eigenvalue weighted by Crippen LogP contribution is -2.15. The van der Waals surface area contributed by atoms with E-state index in [-0.39, 0.29) is 6.04 Å². The molecule has 0 radical (unpaired) electrons. The van der Waals surface area contributed by atoms with Gasteiger partial charge in [0, 0.05) is 14.6 Å². The van der Waals surface area contributed by atoms with Crippen molar-refractivity contribution in [2.75, 3.05) is 7.05 Å². The predicted molar refractivity (Wildman–Crippen MR) is 73.9 cm³/mol. The van der Waals surface area contributed by atoms with Crippen LogP contribution in [0.4, 0.5) is 0 Å². The van der Waals surface area contributed by atoms with E-state index >= 15 is 0 Å². The van der Waals surface area contributed by atoms with Gasteiger partial charge in [-0.15, -0.1) is 22.7 Å². The van der Waals surface area contributed by atoms with Gasteiger partial charge in [0.2, 0.25) is 0 Å². The van der Waals surface area contributed by atoms with Crippen molar-refractivity contribution >= 4 is 34.3 Å². The third kappa shape index (κ3) is 2.33. The van der Waals surface area contributed by atoms with Gasteiger partial charge in [0.15, 0.2) is 0 Å².